The summed E-state index contributed by atoms with van der Waals surface area (Å²) in [5.41, 5.74) is 2.98. The highest BCUT2D eigenvalue weighted by atomic mass is 16.2. The van der Waals surface area contributed by atoms with Gasteiger partial charge in [-0.25, -0.2) is 0 Å². The van der Waals surface area contributed by atoms with E-state index in [9.17, 15) is 9.59 Å². The van der Waals surface area contributed by atoms with Gasteiger partial charge in [-0.3, -0.25) is 14.7 Å². The van der Waals surface area contributed by atoms with Gasteiger partial charge in [0.15, 0.2) is 0 Å². The molecule has 0 radical (unpaired) electrons. The van der Waals surface area contributed by atoms with Gasteiger partial charge in [-0.2, -0.15) is 5.10 Å². The zero-order chi connectivity index (χ0) is 13.7. The van der Waals surface area contributed by atoms with Gasteiger partial charge in [0.1, 0.15) is 5.78 Å². The van der Waals surface area contributed by atoms with Crippen LogP contribution in [0.25, 0.3) is 11.3 Å². The van der Waals surface area contributed by atoms with Crippen LogP contribution in [0.4, 0.5) is 0 Å². The molecule has 0 saturated heterocycles. The Bertz CT molecular complexity index is 559. The number of aromatic nitrogens is 2. The maximum atomic E-state index is 11.3. The Labute approximate surface area is 111 Å². The fraction of sp³-hybridized carbons (Fsp3) is 0.214. The molecule has 0 saturated carbocycles. The second-order valence-corrected chi connectivity index (χ2v) is 4.32. The van der Waals surface area contributed by atoms with Crippen LogP contribution < -0.4 is 5.32 Å². The number of aromatic amines is 1. The molecule has 2 N–H and O–H groups in total. The monoisotopic (exact) mass is 257 g/mol. The first kappa shape index (κ1) is 13.0. The minimum Gasteiger partial charge on any atom is -0.352 e. The number of nitrogens with one attached hydrogen (secondary N) is 2. The van der Waals surface area contributed by atoms with E-state index in [0.29, 0.717) is 6.54 Å². The molecule has 1 amide bonds. The van der Waals surface area contributed by atoms with Crippen molar-refractivity contribution < 1.29 is 9.59 Å². The molecule has 0 bridgehead atoms. The molecule has 5 heteroatoms. The van der Waals surface area contributed by atoms with Crippen LogP contribution in [0.5, 0.6) is 0 Å². The average molecular weight is 257 g/mol. The van der Waals surface area contributed by atoms with Crippen LogP contribution in [0.3, 0.4) is 0 Å². The van der Waals surface area contributed by atoms with Crippen molar-refractivity contribution in [2.45, 2.75) is 19.9 Å². The second-order valence-electron chi connectivity index (χ2n) is 4.32. The summed E-state index contributed by atoms with van der Waals surface area (Å²) in [6.07, 6.45) is 1.64. The van der Waals surface area contributed by atoms with Crippen molar-refractivity contribution in [2.75, 3.05) is 0 Å². The Hall–Kier alpha value is -2.43. The van der Waals surface area contributed by atoms with Crippen molar-refractivity contribution in [1.29, 1.82) is 0 Å². The molecule has 0 aliphatic heterocycles. The predicted octanol–water partition coefficient (Wildman–Crippen LogP) is 1.67. The van der Waals surface area contributed by atoms with Gasteiger partial charge in [0, 0.05) is 12.7 Å². The summed E-state index contributed by atoms with van der Waals surface area (Å²) >= 11 is 0. The molecular formula is C14H15N3O2. The van der Waals surface area contributed by atoms with E-state index in [1.807, 2.05) is 30.3 Å². The number of carbonyl (C=O) groups excluding carboxylic acids is 2. The molecule has 1 heterocycles. The average Bonchev–Trinajstić information content (AvgIpc) is 2.90. The lowest BCUT2D eigenvalue weighted by molar-refractivity contribution is -0.127. The third-order valence-corrected chi connectivity index (χ3v) is 2.66. The smallest absolute Gasteiger partial charge is 0.227 e. The number of Topliss-reactive ketones (excluding diaryl/α,β-unsaturated/α-hetero) is 1. The molecule has 0 spiro atoms. The van der Waals surface area contributed by atoms with E-state index < -0.39 is 0 Å². The minimum absolute atomic E-state index is 0.0633. The van der Waals surface area contributed by atoms with E-state index in [2.05, 4.69) is 15.5 Å². The number of amides is 1. The van der Waals surface area contributed by atoms with Crippen LogP contribution in [0.15, 0.2) is 36.5 Å². The lowest BCUT2D eigenvalue weighted by Gasteiger charge is -2.05. The van der Waals surface area contributed by atoms with Gasteiger partial charge in [-0.05, 0) is 24.1 Å². The molecule has 19 heavy (non-hydrogen) atoms. The maximum Gasteiger partial charge on any atom is 0.227 e. The maximum absolute atomic E-state index is 11.3. The third kappa shape index (κ3) is 3.77. The first-order chi connectivity index (χ1) is 9.15. The van der Waals surface area contributed by atoms with Crippen molar-refractivity contribution >= 4 is 11.7 Å². The van der Waals surface area contributed by atoms with Crippen LogP contribution in [0.2, 0.25) is 0 Å². The second kappa shape index (κ2) is 5.95. The summed E-state index contributed by atoms with van der Waals surface area (Å²) in [5.74, 6) is -0.378. The van der Waals surface area contributed by atoms with Gasteiger partial charge in [0.2, 0.25) is 5.91 Å². The third-order valence-electron chi connectivity index (χ3n) is 2.66. The summed E-state index contributed by atoms with van der Waals surface area (Å²) in [6.45, 7) is 1.83. The number of nitrogens with zero attached hydrogens (tertiary/aromatic N) is 1. The van der Waals surface area contributed by atoms with E-state index in [-0.39, 0.29) is 18.1 Å². The molecule has 98 valence electrons. The van der Waals surface area contributed by atoms with Gasteiger partial charge in [-0.1, -0.05) is 24.3 Å². The van der Waals surface area contributed by atoms with Crippen molar-refractivity contribution in [3.63, 3.8) is 0 Å². The highest BCUT2D eigenvalue weighted by Gasteiger charge is 2.04. The van der Waals surface area contributed by atoms with Crippen molar-refractivity contribution in [3.05, 3.63) is 42.1 Å². The molecule has 0 fully saturated rings. The summed E-state index contributed by atoms with van der Waals surface area (Å²) in [5, 5.41) is 9.49. The number of hydrogen-bond acceptors (Lipinski definition) is 3. The Morgan fingerprint density at radius 3 is 2.53 bits per heavy atom. The lowest BCUT2D eigenvalue weighted by atomic mass is 10.1. The highest BCUT2D eigenvalue weighted by molar-refractivity contribution is 5.96. The first-order valence-corrected chi connectivity index (χ1v) is 6.00. The van der Waals surface area contributed by atoms with Crippen LogP contribution in [0, 0.1) is 0 Å². The van der Waals surface area contributed by atoms with Gasteiger partial charge < -0.3 is 5.32 Å². The summed E-state index contributed by atoms with van der Waals surface area (Å²) in [6, 6.07) is 9.68. The van der Waals surface area contributed by atoms with Crippen LogP contribution in [-0.4, -0.2) is 21.9 Å². The number of rotatable bonds is 5. The number of benzene rings is 1. The molecular weight excluding hydrogens is 242 g/mol. The molecule has 0 atom stereocenters. The Balaban J connectivity index is 1.92. The fourth-order valence-corrected chi connectivity index (χ4v) is 1.71. The SMILES string of the molecule is CC(=O)CC(=O)NCc1ccc(-c2ccn[nH]2)cc1. The zero-order valence-electron chi connectivity index (χ0n) is 10.6. The van der Waals surface area contributed by atoms with Crippen molar-refractivity contribution in [3.8, 4) is 11.3 Å². The number of H-pyrrole nitrogens is 1. The molecule has 0 aliphatic rings. The van der Waals surface area contributed by atoms with E-state index in [1.54, 1.807) is 6.20 Å². The zero-order valence-corrected chi connectivity index (χ0v) is 10.6. The normalized spacial score (nSPS) is 10.2. The Morgan fingerprint density at radius 1 is 1.21 bits per heavy atom. The molecule has 0 unspecified atom stereocenters. The van der Waals surface area contributed by atoms with Crippen molar-refractivity contribution in [2.24, 2.45) is 0 Å². The Kier molecular flexibility index (Phi) is 4.07. The lowest BCUT2D eigenvalue weighted by Crippen LogP contribution is -2.24. The largest absolute Gasteiger partial charge is 0.352 e. The quantitative estimate of drug-likeness (QED) is 0.800. The van der Waals surface area contributed by atoms with Gasteiger partial charge >= 0.3 is 0 Å². The van der Waals surface area contributed by atoms with E-state index in [1.165, 1.54) is 6.92 Å². The molecule has 1 aromatic carbocycles. The number of ketones is 1. The van der Waals surface area contributed by atoms with Gasteiger partial charge in [-0.15, -0.1) is 0 Å². The molecule has 1 aromatic heterocycles. The number of hydrogen-bond donors (Lipinski definition) is 2. The van der Waals surface area contributed by atoms with Crippen molar-refractivity contribution in [1.82, 2.24) is 15.5 Å². The van der Waals surface area contributed by atoms with Gasteiger partial charge in [0.25, 0.3) is 0 Å². The molecule has 2 rings (SSSR count). The molecule has 5 nitrogen and oxygen atoms in total. The summed E-state index contributed by atoms with van der Waals surface area (Å²) in [4.78, 5) is 22.1. The molecule has 0 aliphatic carbocycles. The number of carbonyl (C=O) groups is 2. The summed E-state index contributed by atoms with van der Waals surface area (Å²) in [7, 11) is 0. The molecule has 2 aromatic rings. The minimum atomic E-state index is -0.245. The highest BCUT2D eigenvalue weighted by Crippen LogP contribution is 2.16. The first-order valence-electron chi connectivity index (χ1n) is 6.00. The van der Waals surface area contributed by atoms with Crippen LogP contribution >= 0.6 is 0 Å². The summed E-state index contributed by atoms with van der Waals surface area (Å²) < 4.78 is 0. The van der Waals surface area contributed by atoms with E-state index in [0.717, 1.165) is 16.8 Å². The van der Waals surface area contributed by atoms with E-state index >= 15 is 0 Å². The Morgan fingerprint density at radius 2 is 1.95 bits per heavy atom. The van der Waals surface area contributed by atoms with Crippen LogP contribution in [-0.2, 0) is 16.1 Å². The van der Waals surface area contributed by atoms with E-state index in [4.69, 9.17) is 0 Å². The van der Waals surface area contributed by atoms with Crippen LogP contribution in [0.1, 0.15) is 18.9 Å². The standard InChI is InChI=1S/C14H15N3O2/c1-10(18)8-14(19)15-9-11-2-4-12(5-3-11)13-6-7-16-17-13/h2-7H,8-9H2,1H3,(H,15,19)(H,16,17). The fourth-order valence-electron chi connectivity index (χ4n) is 1.71. The predicted molar refractivity (Wildman–Crippen MR) is 71.2 cm³/mol. The topological polar surface area (TPSA) is 74.8 Å². The van der Waals surface area contributed by atoms with Gasteiger partial charge in [0.05, 0.1) is 12.1 Å².